The molecule has 11 heteroatoms. The Morgan fingerprint density at radius 2 is 1.80 bits per heavy atom. The molecule has 0 radical (unpaired) electrons. The molecule has 2 aromatic heterocycles. The molecule has 0 aliphatic heterocycles. The molecule has 3 aromatic rings. The lowest BCUT2D eigenvalue weighted by Crippen LogP contribution is -2.28. The van der Waals surface area contributed by atoms with Gasteiger partial charge in [-0.25, -0.2) is 14.4 Å². The van der Waals surface area contributed by atoms with Gasteiger partial charge in [0.15, 0.2) is 5.75 Å². The van der Waals surface area contributed by atoms with Gasteiger partial charge >= 0.3 is 0 Å². The number of aryl methyl sites for hydroxylation is 2. The zero-order chi connectivity index (χ0) is 22.2. The Labute approximate surface area is 185 Å². The van der Waals surface area contributed by atoms with Gasteiger partial charge in [-0.1, -0.05) is 34.8 Å². The Morgan fingerprint density at radius 1 is 1.17 bits per heavy atom. The number of alkyl halides is 1. The minimum Gasteiger partial charge on any atom is -0.446 e. The van der Waals surface area contributed by atoms with Crippen LogP contribution in [0.1, 0.15) is 35.9 Å². The molecule has 158 valence electrons. The summed E-state index contributed by atoms with van der Waals surface area (Å²) in [4.78, 5) is 36.1. The molecule has 7 nitrogen and oxygen atoms in total. The monoisotopic (exact) mass is 472 g/mol. The minimum absolute atomic E-state index is 0.0368. The van der Waals surface area contributed by atoms with Gasteiger partial charge < -0.3 is 9.72 Å². The summed E-state index contributed by atoms with van der Waals surface area (Å²) < 4.78 is 20.9. The first-order valence-corrected chi connectivity index (χ1v) is 9.84. The molecule has 2 heterocycles. The number of nitrogens with one attached hydrogen (secondary N) is 1. The highest BCUT2D eigenvalue weighted by Crippen LogP contribution is 2.39. The van der Waals surface area contributed by atoms with Crippen molar-refractivity contribution in [3.63, 3.8) is 0 Å². The molecule has 0 aliphatic rings. The molecular formula is C19H16Cl3FN4O3. The van der Waals surface area contributed by atoms with Crippen LogP contribution in [0.2, 0.25) is 15.1 Å². The van der Waals surface area contributed by atoms with Crippen LogP contribution < -0.4 is 15.9 Å². The maximum Gasteiger partial charge on any atom is 0.297 e. The van der Waals surface area contributed by atoms with Crippen molar-refractivity contribution in [2.75, 3.05) is 0 Å². The van der Waals surface area contributed by atoms with Crippen molar-refractivity contribution in [2.45, 2.75) is 33.5 Å². The van der Waals surface area contributed by atoms with Crippen LogP contribution in [0.3, 0.4) is 0 Å². The molecule has 0 saturated heterocycles. The van der Waals surface area contributed by atoms with E-state index in [4.69, 9.17) is 39.5 Å². The summed E-state index contributed by atoms with van der Waals surface area (Å²) in [6, 6.07) is 2.75. The average Bonchev–Trinajstić information content (AvgIpc) is 2.62. The van der Waals surface area contributed by atoms with Crippen LogP contribution in [0, 0.1) is 13.8 Å². The first-order chi connectivity index (χ1) is 14.1. The SMILES string of the molecule is Cc1nc(C)c(Cn2cnc(C(C)F)c(Oc3c(Cl)cc(Cl)cc3Cl)c2=O)c(=O)[nH]1. The van der Waals surface area contributed by atoms with Gasteiger partial charge in [0.25, 0.3) is 11.1 Å². The Hall–Kier alpha value is -2.42. The lowest BCUT2D eigenvalue weighted by Gasteiger charge is -2.15. The number of H-pyrrole nitrogens is 1. The Balaban J connectivity index is 2.12. The van der Waals surface area contributed by atoms with Crippen LogP contribution in [0.25, 0.3) is 0 Å². The Morgan fingerprint density at radius 3 is 2.37 bits per heavy atom. The van der Waals surface area contributed by atoms with Crippen LogP contribution in [-0.4, -0.2) is 19.5 Å². The van der Waals surface area contributed by atoms with Crippen LogP contribution in [-0.2, 0) is 6.54 Å². The average molecular weight is 474 g/mol. The highest BCUT2D eigenvalue weighted by Gasteiger charge is 2.22. The summed E-state index contributed by atoms with van der Waals surface area (Å²) >= 11 is 18.1. The second-order valence-electron chi connectivity index (χ2n) is 6.52. The molecule has 0 amide bonds. The van der Waals surface area contributed by atoms with E-state index in [-0.39, 0.29) is 44.2 Å². The van der Waals surface area contributed by atoms with Crippen molar-refractivity contribution < 1.29 is 9.13 Å². The summed E-state index contributed by atoms with van der Waals surface area (Å²) in [6.07, 6.45) is -0.469. The fraction of sp³-hybridized carbons (Fsp3) is 0.263. The third kappa shape index (κ3) is 4.50. The smallest absolute Gasteiger partial charge is 0.297 e. The molecule has 0 bridgehead atoms. The van der Waals surface area contributed by atoms with Gasteiger partial charge in [-0.2, -0.15) is 0 Å². The van der Waals surface area contributed by atoms with Gasteiger partial charge in [-0.15, -0.1) is 0 Å². The molecule has 1 aromatic carbocycles. The lowest BCUT2D eigenvalue weighted by atomic mass is 10.2. The number of hydrogen-bond acceptors (Lipinski definition) is 5. The van der Waals surface area contributed by atoms with Crippen LogP contribution in [0.5, 0.6) is 11.5 Å². The quantitative estimate of drug-likeness (QED) is 0.576. The molecule has 1 atom stereocenters. The second-order valence-corrected chi connectivity index (χ2v) is 7.77. The van der Waals surface area contributed by atoms with Crippen molar-refractivity contribution in [3.05, 3.63) is 77.0 Å². The van der Waals surface area contributed by atoms with Crippen molar-refractivity contribution in [1.29, 1.82) is 0 Å². The first kappa shape index (κ1) is 22.3. The second kappa shape index (κ2) is 8.75. The van der Waals surface area contributed by atoms with Gasteiger partial charge in [-0.05, 0) is 32.9 Å². The van der Waals surface area contributed by atoms with E-state index >= 15 is 0 Å². The summed E-state index contributed by atoms with van der Waals surface area (Å²) in [7, 11) is 0. The number of rotatable bonds is 5. The zero-order valence-electron chi connectivity index (χ0n) is 16.1. The number of aromatic nitrogens is 4. The number of halogens is 4. The summed E-state index contributed by atoms with van der Waals surface area (Å²) in [5.41, 5.74) is -0.616. The maximum atomic E-state index is 14.1. The van der Waals surface area contributed by atoms with E-state index < -0.39 is 17.5 Å². The molecular weight excluding hydrogens is 458 g/mol. The third-order valence-corrected chi connectivity index (χ3v) is 5.02. The summed E-state index contributed by atoms with van der Waals surface area (Å²) in [5.74, 6) is -0.00976. The minimum atomic E-state index is -1.61. The molecule has 1 N–H and O–H groups in total. The van der Waals surface area contributed by atoms with Crippen LogP contribution in [0.4, 0.5) is 4.39 Å². The van der Waals surface area contributed by atoms with Gasteiger partial charge in [0, 0.05) is 10.7 Å². The molecule has 0 fully saturated rings. The molecule has 30 heavy (non-hydrogen) atoms. The molecule has 1 unspecified atom stereocenters. The van der Waals surface area contributed by atoms with Crippen LogP contribution in [0.15, 0.2) is 28.0 Å². The third-order valence-electron chi connectivity index (χ3n) is 4.24. The largest absolute Gasteiger partial charge is 0.446 e. The first-order valence-electron chi connectivity index (χ1n) is 8.70. The fourth-order valence-electron chi connectivity index (χ4n) is 2.81. The van der Waals surface area contributed by atoms with Crippen molar-refractivity contribution in [2.24, 2.45) is 0 Å². The van der Waals surface area contributed by atoms with E-state index in [9.17, 15) is 14.0 Å². The molecule has 3 rings (SSSR count). The van der Waals surface area contributed by atoms with Crippen molar-refractivity contribution >= 4 is 34.8 Å². The predicted molar refractivity (Wildman–Crippen MR) is 113 cm³/mol. The van der Waals surface area contributed by atoms with Gasteiger partial charge in [0.1, 0.15) is 17.7 Å². The molecule has 0 saturated carbocycles. The summed E-state index contributed by atoms with van der Waals surface area (Å²) in [6.45, 7) is 4.37. The highest BCUT2D eigenvalue weighted by molar-refractivity contribution is 6.40. The van der Waals surface area contributed by atoms with E-state index in [1.165, 1.54) is 19.1 Å². The number of nitrogens with zero attached hydrogens (tertiary/aromatic N) is 3. The van der Waals surface area contributed by atoms with Crippen molar-refractivity contribution in [3.8, 4) is 11.5 Å². The van der Waals surface area contributed by atoms with E-state index in [0.717, 1.165) is 10.9 Å². The van der Waals surface area contributed by atoms with E-state index in [1.54, 1.807) is 13.8 Å². The van der Waals surface area contributed by atoms with Crippen molar-refractivity contribution in [1.82, 2.24) is 19.5 Å². The number of benzene rings is 1. The topological polar surface area (TPSA) is 89.9 Å². The van der Waals surface area contributed by atoms with E-state index in [0.29, 0.717) is 11.5 Å². The number of ether oxygens (including phenoxy) is 1. The van der Waals surface area contributed by atoms with E-state index in [1.807, 2.05) is 0 Å². The zero-order valence-corrected chi connectivity index (χ0v) is 18.4. The van der Waals surface area contributed by atoms with Gasteiger partial charge in [-0.3, -0.25) is 14.2 Å². The standard InChI is InChI=1S/C19H16Cl3FN4O3/c1-8(23)15-17(30-16-13(21)4-11(20)5-14(16)22)19(29)27(7-24-15)6-12-9(2)25-10(3)26-18(12)28/h4-5,7-8H,6H2,1-3H3,(H,25,26,28). The number of aromatic amines is 1. The highest BCUT2D eigenvalue weighted by atomic mass is 35.5. The Kier molecular flexibility index (Phi) is 6.50. The normalized spacial score (nSPS) is 12.1. The lowest BCUT2D eigenvalue weighted by molar-refractivity contribution is 0.344. The van der Waals surface area contributed by atoms with Gasteiger partial charge in [0.05, 0.1) is 28.5 Å². The predicted octanol–water partition coefficient (Wildman–Crippen LogP) is 4.77. The number of hydrogen-bond donors (Lipinski definition) is 1. The van der Waals surface area contributed by atoms with Crippen LogP contribution >= 0.6 is 34.8 Å². The Bertz CT molecular complexity index is 1220. The molecule has 0 spiro atoms. The fourth-order valence-corrected chi connectivity index (χ4v) is 3.71. The maximum absolute atomic E-state index is 14.1. The van der Waals surface area contributed by atoms with E-state index in [2.05, 4.69) is 15.0 Å². The summed E-state index contributed by atoms with van der Waals surface area (Å²) in [5, 5.41) is 0.339. The van der Waals surface area contributed by atoms with Gasteiger partial charge in [0.2, 0.25) is 5.75 Å². The molecule has 0 aliphatic carbocycles.